The van der Waals surface area contributed by atoms with Crippen molar-refractivity contribution in [2.24, 2.45) is 0 Å². The topological polar surface area (TPSA) is 55.7 Å². The average molecular weight is 306 g/mol. The molecule has 0 saturated heterocycles. The quantitative estimate of drug-likeness (QED) is 0.828. The zero-order valence-electron chi connectivity index (χ0n) is 12.2. The minimum Gasteiger partial charge on any atom is -0.493 e. The minimum atomic E-state index is 0.515. The first-order chi connectivity index (χ1) is 10.1. The van der Waals surface area contributed by atoms with Gasteiger partial charge in [0.25, 0.3) is 0 Å². The van der Waals surface area contributed by atoms with Crippen LogP contribution in [-0.2, 0) is 6.54 Å². The molecule has 0 atom stereocenters. The molecule has 0 unspecified atom stereocenters. The summed E-state index contributed by atoms with van der Waals surface area (Å²) in [6.45, 7) is 2.50. The zero-order valence-corrected chi connectivity index (χ0v) is 13.0. The monoisotopic (exact) mass is 306 g/mol. The van der Waals surface area contributed by atoms with Gasteiger partial charge in [-0.25, -0.2) is 0 Å². The van der Waals surface area contributed by atoms with E-state index in [4.69, 9.17) is 26.1 Å². The fourth-order valence-corrected chi connectivity index (χ4v) is 2.04. The summed E-state index contributed by atoms with van der Waals surface area (Å²) in [5, 5.41) is 6.74. The Bertz CT molecular complexity index is 612. The smallest absolute Gasteiger partial charge is 0.171 e. The van der Waals surface area contributed by atoms with E-state index in [2.05, 4.69) is 10.6 Å². The van der Waals surface area contributed by atoms with Crippen molar-refractivity contribution in [1.82, 2.24) is 5.32 Å². The fourth-order valence-electron chi connectivity index (χ4n) is 1.86. The summed E-state index contributed by atoms with van der Waals surface area (Å²) in [4.78, 5) is 0. The lowest BCUT2D eigenvalue weighted by Crippen LogP contribution is -2.28. The van der Waals surface area contributed by atoms with Gasteiger partial charge in [0.05, 0.1) is 27.0 Å². The molecule has 1 aromatic carbocycles. The van der Waals surface area contributed by atoms with E-state index < -0.39 is 0 Å². The maximum absolute atomic E-state index is 5.29. The number of methoxy groups -OCH3 is 2. The van der Waals surface area contributed by atoms with Gasteiger partial charge >= 0.3 is 0 Å². The van der Waals surface area contributed by atoms with Crippen molar-refractivity contribution in [3.63, 3.8) is 0 Å². The van der Waals surface area contributed by atoms with Gasteiger partial charge in [0.1, 0.15) is 5.76 Å². The van der Waals surface area contributed by atoms with Gasteiger partial charge in [-0.2, -0.15) is 0 Å². The number of thiocarbonyl (C=S) groups is 1. The standard InChI is InChI=1S/C15H18N2O3S/c1-10-7-13(18-2)14(19-3)8-12(10)17-15(21)16-9-11-5-4-6-20-11/h4-8H,9H2,1-3H3,(H2,16,17,21). The predicted octanol–water partition coefficient (Wildman–Crippen LogP) is 3.09. The van der Waals surface area contributed by atoms with Crippen molar-refractivity contribution < 1.29 is 13.9 Å². The molecule has 5 nitrogen and oxygen atoms in total. The molecule has 1 aromatic heterocycles. The van der Waals surface area contributed by atoms with E-state index in [-0.39, 0.29) is 0 Å². The van der Waals surface area contributed by atoms with Crippen LogP contribution in [0.2, 0.25) is 0 Å². The summed E-state index contributed by atoms with van der Waals surface area (Å²) >= 11 is 5.27. The van der Waals surface area contributed by atoms with Gasteiger partial charge in [0.15, 0.2) is 16.6 Å². The number of hydrogen-bond acceptors (Lipinski definition) is 4. The molecule has 6 heteroatoms. The first-order valence-electron chi connectivity index (χ1n) is 6.44. The maximum atomic E-state index is 5.29. The second-order valence-corrected chi connectivity index (χ2v) is 4.82. The predicted molar refractivity (Wildman–Crippen MR) is 86.1 cm³/mol. The molecule has 0 aliphatic carbocycles. The summed E-state index contributed by atoms with van der Waals surface area (Å²) in [6, 6.07) is 7.48. The van der Waals surface area contributed by atoms with Gasteiger partial charge in [0, 0.05) is 11.8 Å². The van der Waals surface area contributed by atoms with Crippen molar-refractivity contribution in [3.05, 3.63) is 41.9 Å². The molecule has 112 valence electrons. The molecule has 0 radical (unpaired) electrons. The van der Waals surface area contributed by atoms with Crippen molar-refractivity contribution in [2.75, 3.05) is 19.5 Å². The number of aryl methyl sites for hydroxylation is 1. The molecule has 2 N–H and O–H groups in total. The normalized spacial score (nSPS) is 10.0. The summed E-state index contributed by atoms with van der Waals surface area (Å²) in [7, 11) is 3.21. The van der Waals surface area contributed by atoms with E-state index in [1.807, 2.05) is 31.2 Å². The molecule has 0 bridgehead atoms. The summed E-state index contributed by atoms with van der Waals surface area (Å²) in [6.07, 6.45) is 1.63. The van der Waals surface area contributed by atoms with Gasteiger partial charge in [-0.3, -0.25) is 0 Å². The number of furan rings is 1. The Balaban J connectivity index is 2.03. The van der Waals surface area contributed by atoms with Crippen LogP contribution >= 0.6 is 12.2 Å². The number of ether oxygens (including phenoxy) is 2. The third-order valence-electron chi connectivity index (χ3n) is 2.98. The van der Waals surface area contributed by atoms with E-state index in [0.29, 0.717) is 23.2 Å². The van der Waals surface area contributed by atoms with Crippen molar-refractivity contribution >= 4 is 23.0 Å². The number of anilines is 1. The zero-order chi connectivity index (χ0) is 15.2. The Hall–Kier alpha value is -2.21. The second-order valence-electron chi connectivity index (χ2n) is 4.41. The molecule has 2 aromatic rings. The first kappa shape index (κ1) is 15.2. The van der Waals surface area contributed by atoms with Crippen LogP contribution in [0.4, 0.5) is 5.69 Å². The molecule has 0 aliphatic heterocycles. The molecule has 0 spiro atoms. The highest BCUT2D eigenvalue weighted by Gasteiger charge is 2.09. The van der Waals surface area contributed by atoms with E-state index in [1.54, 1.807) is 20.5 Å². The summed E-state index contributed by atoms with van der Waals surface area (Å²) in [5.74, 6) is 2.16. The molecule has 0 fully saturated rings. The summed E-state index contributed by atoms with van der Waals surface area (Å²) in [5.41, 5.74) is 1.87. The molecule has 21 heavy (non-hydrogen) atoms. The van der Waals surface area contributed by atoms with Gasteiger partial charge in [-0.1, -0.05) is 0 Å². The van der Waals surface area contributed by atoms with Crippen LogP contribution in [0, 0.1) is 6.92 Å². The summed E-state index contributed by atoms with van der Waals surface area (Å²) < 4.78 is 15.8. The molecule has 0 amide bonds. The van der Waals surface area contributed by atoms with Crippen LogP contribution in [0.25, 0.3) is 0 Å². The van der Waals surface area contributed by atoms with Gasteiger partial charge in [0.2, 0.25) is 0 Å². The van der Waals surface area contributed by atoms with Gasteiger partial charge in [-0.05, 0) is 42.9 Å². The molecule has 2 rings (SSSR count). The average Bonchev–Trinajstić information content (AvgIpc) is 3.00. The number of benzene rings is 1. The Morgan fingerprint density at radius 1 is 1.24 bits per heavy atom. The lowest BCUT2D eigenvalue weighted by molar-refractivity contribution is 0.355. The highest BCUT2D eigenvalue weighted by atomic mass is 32.1. The Labute approximate surface area is 129 Å². The molecule has 1 heterocycles. The van der Waals surface area contributed by atoms with Crippen LogP contribution in [0.5, 0.6) is 11.5 Å². The number of nitrogens with one attached hydrogen (secondary N) is 2. The van der Waals surface area contributed by atoms with E-state index in [9.17, 15) is 0 Å². The van der Waals surface area contributed by atoms with E-state index in [1.165, 1.54) is 0 Å². The van der Waals surface area contributed by atoms with Crippen LogP contribution in [0.15, 0.2) is 34.9 Å². The Morgan fingerprint density at radius 2 is 1.95 bits per heavy atom. The second kappa shape index (κ2) is 6.99. The van der Waals surface area contributed by atoms with Crippen molar-refractivity contribution in [3.8, 4) is 11.5 Å². The van der Waals surface area contributed by atoms with E-state index in [0.717, 1.165) is 17.0 Å². The molecular weight excluding hydrogens is 288 g/mol. The highest BCUT2D eigenvalue weighted by Crippen LogP contribution is 2.32. The minimum absolute atomic E-state index is 0.515. The Morgan fingerprint density at radius 3 is 2.57 bits per heavy atom. The number of rotatable bonds is 5. The third kappa shape index (κ3) is 3.88. The molecular formula is C15H18N2O3S. The third-order valence-corrected chi connectivity index (χ3v) is 3.23. The molecule has 0 saturated carbocycles. The first-order valence-corrected chi connectivity index (χ1v) is 6.84. The highest BCUT2D eigenvalue weighted by molar-refractivity contribution is 7.80. The van der Waals surface area contributed by atoms with Crippen molar-refractivity contribution in [1.29, 1.82) is 0 Å². The molecule has 0 aliphatic rings. The number of hydrogen-bond donors (Lipinski definition) is 2. The largest absolute Gasteiger partial charge is 0.493 e. The van der Waals surface area contributed by atoms with Crippen LogP contribution in [-0.4, -0.2) is 19.3 Å². The van der Waals surface area contributed by atoms with Crippen molar-refractivity contribution in [2.45, 2.75) is 13.5 Å². The van der Waals surface area contributed by atoms with Crippen LogP contribution in [0.1, 0.15) is 11.3 Å². The lowest BCUT2D eigenvalue weighted by atomic mass is 10.1. The van der Waals surface area contributed by atoms with Gasteiger partial charge < -0.3 is 24.5 Å². The maximum Gasteiger partial charge on any atom is 0.171 e. The SMILES string of the molecule is COc1cc(C)c(NC(=S)NCc2ccco2)cc1OC. The van der Waals surface area contributed by atoms with E-state index >= 15 is 0 Å². The lowest BCUT2D eigenvalue weighted by Gasteiger charge is -2.15. The van der Waals surface area contributed by atoms with Gasteiger partial charge in [-0.15, -0.1) is 0 Å². The Kier molecular flexibility index (Phi) is 5.05. The van der Waals surface area contributed by atoms with Crippen LogP contribution < -0.4 is 20.1 Å². The fraction of sp³-hybridized carbons (Fsp3) is 0.267. The van der Waals surface area contributed by atoms with Crippen LogP contribution in [0.3, 0.4) is 0 Å².